The Morgan fingerprint density at radius 2 is 2.09 bits per heavy atom. The summed E-state index contributed by atoms with van der Waals surface area (Å²) in [6.07, 6.45) is 5.72. The number of furan rings is 1. The van der Waals surface area contributed by atoms with Crippen molar-refractivity contribution in [3.05, 3.63) is 63.4 Å². The molecule has 0 saturated heterocycles. The summed E-state index contributed by atoms with van der Waals surface area (Å²) < 4.78 is 12.3. The van der Waals surface area contributed by atoms with Crippen LogP contribution in [-0.4, -0.2) is 22.9 Å². The Bertz CT molecular complexity index is 1450. The fraction of sp³-hybridized carbons (Fsp3) is 0.250. The number of amides is 1. The van der Waals surface area contributed by atoms with Gasteiger partial charge in [-0.15, -0.1) is 0 Å². The highest BCUT2D eigenvalue weighted by Crippen LogP contribution is 2.38. The Morgan fingerprint density at radius 3 is 2.88 bits per heavy atom. The number of ether oxygens (including phenoxy) is 1. The van der Waals surface area contributed by atoms with E-state index in [9.17, 15) is 14.9 Å². The lowest BCUT2D eigenvalue weighted by Crippen LogP contribution is -2.08. The van der Waals surface area contributed by atoms with Crippen molar-refractivity contribution < 1.29 is 18.9 Å². The van der Waals surface area contributed by atoms with Crippen LogP contribution in [0.15, 0.2) is 40.8 Å². The van der Waals surface area contributed by atoms with E-state index in [1.54, 1.807) is 13.2 Å². The Hall–Kier alpha value is -3.72. The van der Waals surface area contributed by atoms with Gasteiger partial charge in [0.2, 0.25) is 5.91 Å². The fourth-order valence-corrected chi connectivity index (χ4v) is 5.16. The summed E-state index contributed by atoms with van der Waals surface area (Å²) in [6.45, 7) is 1.86. The molecule has 0 unspecified atom stereocenters. The lowest BCUT2D eigenvalue weighted by molar-refractivity contribution is -0.384. The van der Waals surface area contributed by atoms with Crippen LogP contribution in [0.2, 0.25) is 0 Å². The maximum atomic E-state index is 12.7. The number of allylic oxidation sites excluding steroid dienone is 1. The molecule has 0 fully saturated rings. The minimum Gasteiger partial charge on any atom is -0.496 e. The van der Waals surface area contributed by atoms with Gasteiger partial charge in [0, 0.05) is 47.2 Å². The van der Waals surface area contributed by atoms with Crippen molar-refractivity contribution in [2.75, 3.05) is 12.4 Å². The number of methoxy groups -OCH3 is 1. The summed E-state index contributed by atoms with van der Waals surface area (Å²) >= 11 is 1.19. The second kappa shape index (κ2) is 8.32. The van der Waals surface area contributed by atoms with Gasteiger partial charge in [0.25, 0.3) is 5.69 Å². The van der Waals surface area contributed by atoms with E-state index in [4.69, 9.17) is 9.15 Å². The summed E-state index contributed by atoms with van der Waals surface area (Å²) in [7, 11) is 1.60. The summed E-state index contributed by atoms with van der Waals surface area (Å²) in [5, 5.41) is 15.2. The molecule has 0 bridgehead atoms. The number of nitro benzene ring substituents is 1. The van der Waals surface area contributed by atoms with E-state index in [1.807, 2.05) is 19.1 Å². The number of thiazole rings is 1. The number of benzene rings is 2. The van der Waals surface area contributed by atoms with Gasteiger partial charge in [0.1, 0.15) is 17.1 Å². The monoisotopic (exact) mass is 463 g/mol. The Balaban J connectivity index is 1.43. The zero-order valence-electron chi connectivity index (χ0n) is 18.1. The molecule has 33 heavy (non-hydrogen) atoms. The molecule has 2 aromatic heterocycles. The van der Waals surface area contributed by atoms with E-state index < -0.39 is 4.92 Å². The molecule has 4 aromatic rings. The third-order valence-electron chi connectivity index (χ3n) is 5.86. The quantitative estimate of drug-likeness (QED) is 0.225. The molecule has 9 heteroatoms. The highest BCUT2D eigenvalue weighted by Gasteiger charge is 2.20. The van der Waals surface area contributed by atoms with Gasteiger partial charge < -0.3 is 9.15 Å². The van der Waals surface area contributed by atoms with Crippen molar-refractivity contribution in [1.29, 1.82) is 0 Å². The van der Waals surface area contributed by atoms with Crippen molar-refractivity contribution >= 4 is 54.8 Å². The molecule has 1 aliphatic rings. The lowest BCUT2D eigenvalue weighted by atomic mass is 9.94. The average molecular weight is 464 g/mol. The first-order valence-corrected chi connectivity index (χ1v) is 11.4. The summed E-state index contributed by atoms with van der Waals surface area (Å²) in [4.78, 5) is 27.6. The molecule has 1 amide bonds. The third kappa shape index (κ3) is 3.95. The van der Waals surface area contributed by atoms with Crippen LogP contribution in [-0.2, 0) is 17.6 Å². The average Bonchev–Trinajstić information content (AvgIpc) is 3.37. The zero-order chi connectivity index (χ0) is 23.1. The highest BCUT2D eigenvalue weighted by molar-refractivity contribution is 7.22. The number of fused-ring (bicyclic) bond motifs is 4. The van der Waals surface area contributed by atoms with Crippen LogP contribution in [0.4, 0.5) is 10.8 Å². The SMILES string of the molecule is COc1cc2oc3c(c2cc1/C(C)=C/C(=O)Nc1nc2ccc([N+](=O)[O-])cc2s1)CCCC3. The van der Waals surface area contributed by atoms with Crippen molar-refractivity contribution in [3.63, 3.8) is 0 Å². The fourth-order valence-electron chi connectivity index (χ4n) is 4.26. The van der Waals surface area contributed by atoms with Crippen LogP contribution in [0.3, 0.4) is 0 Å². The van der Waals surface area contributed by atoms with Crippen molar-refractivity contribution in [2.24, 2.45) is 0 Å². The first kappa shape index (κ1) is 21.1. The van der Waals surface area contributed by atoms with E-state index in [0.717, 1.165) is 53.5 Å². The molecule has 2 heterocycles. The Kier molecular flexibility index (Phi) is 5.33. The predicted molar refractivity (Wildman–Crippen MR) is 128 cm³/mol. The number of hydrogen-bond donors (Lipinski definition) is 1. The third-order valence-corrected chi connectivity index (χ3v) is 6.80. The normalized spacial score (nSPS) is 13.8. The molecule has 5 rings (SSSR count). The van der Waals surface area contributed by atoms with Crippen LogP contribution in [0.5, 0.6) is 5.75 Å². The van der Waals surface area contributed by atoms with Gasteiger partial charge in [-0.2, -0.15) is 0 Å². The molecule has 0 atom stereocenters. The van der Waals surface area contributed by atoms with E-state index in [1.165, 1.54) is 35.1 Å². The number of aromatic nitrogens is 1. The van der Waals surface area contributed by atoms with Crippen LogP contribution in [0.1, 0.15) is 36.7 Å². The molecule has 1 aliphatic carbocycles. The molecule has 0 spiro atoms. The number of nitrogens with zero attached hydrogens (tertiary/aromatic N) is 2. The second-order valence-corrected chi connectivity index (χ2v) is 9.03. The Morgan fingerprint density at radius 1 is 1.27 bits per heavy atom. The topological polar surface area (TPSA) is 108 Å². The number of nitro groups is 1. The van der Waals surface area contributed by atoms with Crippen molar-refractivity contribution in [2.45, 2.75) is 32.6 Å². The molecular formula is C24H21N3O5S. The minimum atomic E-state index is -0.454. The molecule has 0 aliphatic heterocycles. The molecule has 8 nitrogen and oxygen atoms in total. The van der Waals surface area contributed by atoms with Gasteiger partial charge in [0.15, 0.2) is 5.13 Å². The maximum absolute atomic E-state index is 12.7. The van der Waals surface area contributed by atoms with E-state index in [0.29, 0.717) is 21.1 Å². The van der Waals surface area contributed by atoms with Crippen LogP contribution in [0.25, 0.3) is 26.8 Å². The van der Waals surface area contributed by atoms with E-state index >= 15 is 0 Å². The maximum Gasteiger partial charge on any atom is 0.270 e. The van der Waals surface area contributed by atoms with Crippen molar-refractivity contribution in [1.82, 2.24) is 4.98 Å². The van der Waals surface area contributed by atoms with Crippen LogP contribution < -0.4 is 10.1 Å². The highest BCUT2D eigenvalue weighted by atomic mass is 32.1. The number of anilines is 1. The predicted octanol–water partition coefficient (Wildman–Crippen LogP) is 5.88. The first-order chi connectivity index (χ1) is 15.9. The minimum absolute atomic E-state index is 0.0105. The summed E-state index contributed by atoms with van der Waals surface area (Å²) in [5.74, 6) is 1.35. The number of rotatable bonds is 5. The van der Waals surface area contributed by atoms with Gasteiger partial charge in [0.05, 0.1) is 22.2 Å². The molecule has 0 radical (unpaired) electrons. The van der Waals surface area contributed by atoms with Gasteiger partial charge in [-0.3, -0.25) is 20.2 Å². The van der Waals surface area contributed by atoms with Crippen molar-refractivity contribution in [3.8, 4) is 5.75 Å². The standard InChI is InChI=1S/C24H21N3O5S/c1-13(9-23(28)26-24-25-18-8-7-14(27(29)30)10-22(18)33-24)16-11-17-15-5-3-4-6-19(15)32-21(17)12-20(16)31-2/h7-12H,3-6H2,1-2H3,(H,25,26,28)/b13-9+. The zero-order valence-corrected chi connectivity index (χ0v) is 19.0. The Labute approximate surface area is 193 Å². The van der Waals surface area contributed by atoms with Gasteiger partial charge in [-0.25, -0.2) is 4.98 Å². The summed E-state index contributed by atoms with van der Waals surface area (Å²) in [5.41, 5.74) is 4.22. The molecule has 1 N–H and O–H groups in total. The molecule has 0 saturated carbocycles. The smallest absolute Gasteiger partial charge is 0.270 e. The number of aryl methyl sites for hydroxylation is 2. The van der Waals surface area contributed by atoms with Crippen LogP contribution in [0, 0.1) is 10.1 Å². The van der Waals surface area contributed by atoms with Gasteiger partial charge in [-0.05, 0) is 43.9 Å². The second-order valence-electron chi connectivity index (χ2n) is 8.00. The van der Waals surface area contributed by atoms with Gasteiger partial charge >= 0.3 is 0 Å². The first-order valence-electron chi connectivity index (χ1n) is 10.6. The largest absolute Gasteiger partial charge is 0.496 e. The van der Waals surface area contributed by atoms with Gasteiger partial charge in [-0.1, -0.05) is 11.3 Å². The van der Waals surface area contributed by atoms with E-state index in [-0.39, 0.29) is 11.6 Å². The number of nitrogens with one attached hydrogen (secondary N) is 1. The molecule has 2 aromatic carbocycles. The lowest BCUT2D eigenvalue weighted by Gasteiger charge is -2.11. The molecular weight excluding hydrogens is 442 g/mol. The number of carbonyl (C=O) groups excluding carboxylic acids is 1. The number of non-ortho nitro benzene ring substituents is 1. The van der Waals surface area contributed by atoms with Crippen LogP contribution >= 0.6 is 11.3 Å². The molecule has 168 valence electrons. The van der Waals surface area contributed by atoms with E-state index in [2.05, 4.69) is 10.3 Å². The number of carbonyl (C=O) groups is 1. The summed E-state index contributed by atoms with van der Waals surface area (Å²) in [6, 6.07) is 8.35. The number of hydrogen-bond acceptors (Lipinski definition) is 7.